The summed E-state index contributed by atoms with van der Waals surface area (Å²) in [5.74, 6) is 3.07. The molecule has 0 atom stereocenters. The predicted molar refractivity (Wildman–Crippen MR) is 73.7 cm³/mol. The number of anilines is 2. The van der Waals surface area contributed by atoms with E-state index in [2.05, 4.69) is 17.2 Å². The molecule has 2 aliphatic rings. The molecule has 2 fully saturated rings. The molecule has 0 unspecified atom stereocenters. The second-order valence-electron chi connectivity index (χ2n) is 6.11. The molecule has 0 bridgehead atoms. The lowest BCUT2D eigenvalue weighted by molar-refractivity contribution is 0.530. The standard InChI is InChI=1S/C14H22N4/c1-9-11(15)16-13(10-5-6-10)17-12(9)18-14(2)7-3-4-8-14/h10H,3-8H2,1-2H3,(H3,15,16,17,18). The second kappa shape index (κ2) is 4.11. The molecule has 0 saturated heterocycles. The van der Waals surface area contributed by atoms with E-state index in [4.69, 9.17) is 10.7 Å². The minimum absolute atomic E-state index is 0.187. The molecule has 1 aromatic rings. The zero-order valence-corrected chi connectivity index (χ0v) is 11.3. The van der Waals surface area contributed by atoms with Crippen LogP contribution >= 0.6 is 0 Å². The first-order valence-electron chi connectivity index (χ1n) is 7.00. The van der Waals surface area contributed by atoms with Crippen LogP contribution in [0.3, 0.4) is 0 Å². The van der Waals surface area contributed by atoms with E-state index in [1.807, 2.05) is 6.92 Å². The van der Waals surface area contributed by atoms with Gasteiger partial charge in [0.05, 0.1) is 0 Å². The molecule has 1 heterocycles. The summed E-state index contributed by atoms with van der Waals surface area (Å²) >= 11 is 0. The monoisotopic (exact) mass is 246 g/mol. The molecule has 0 spiro atoms. The number of hydrogen-bond donors (Lipinski definition) is 2. The van der Waals surface area contributed by atoms with E-state index in [0.29, 0.717) is 11.7 Å². The molecule has 1 aromatic heterocycles. The van der Waals surface area contributed by atoms with Gasteiger partial charge in [0.1, 0.15) is 17.5 Å². The Hall–Kier alpha value is -1.32. The number of nitrogens with two attached hydrogens (primary N) is 1. The van der Waals surface area contributed by atoms with Crippen molar-refractivity contribution in [1.29, 1.82) is 0 Å². The van der Waals surface area contributed by atoms with Gasteiger partial charge in [0, 0.05) is 17.0 Å². The maximum atomic E-state index is 6.01. The Labute approximate surface area is 108 Å². The molecular weight excluding hydrogens is 224 g/mol. The number of nitrogen functional groups attached to an aromatic ring is 1. The lowest BCUT2D eigenvalue weighted by Crippen LogP contribution is -2.32. The highest BCUT2D eigenvalue weighted by Gasteiger charge is 2.31. The van der Waals surface area contributed by atoms with Crippen LogP contribution in [0.1, 0.15) is 62.8 Å². The summed E-state index contributed by atoms with van der Waals surface area (Å²) in [6.45, 7) is 4.29. The molecule has 4 nitrogen and oxygen atoms in total. The fraction of sp³-hybridized carbons (Fsp3) is 0.714. The van der Waals surface area contributed by atoms with Gasteiger partial charge in [-0.05, 0) is 39.5 Å². The summed E-state index contributed by atoms with van der Waals surface area (Å²) in [7, 11) is 0. The van der Waals surface area contributed by atoms with Crippen LogP contribution in [0, 0.1) is 6.92 Å². The minimum atomic E-state index is 0.187. The second-order valence-corrected chi connectivity index (χ2v) is 6.11. The molecule has 0 aromatic carbocycles. The molecule has 0 amide bonds. The molecule has 98 valence electrons. The smallest absolute Gasteiger partial charge is 0.136 e. The van der Waals surface area contributed by atoms with E-state index in [1.54, 1.807) is 0 Å². The topological polar surface area (TPSA) is 63.8 Å². The Morgan fingerprint density at radius 2 is 1.89 bits per heavy atom. The van der Waals surface area contributed by atoms with Gasteiger partial charge < -0.3 is 11.1 Å². The predicted octanol–water partition coefficient (Wildman–Crippen LogP) is 2.99. The summed E-state index contributed by atoms with van der Waals surface area (Å²) in [5, 5.41) is 3.62. The zero-order valence-electron chi connectivity index (χ0n) is 11.3. The van der Waals surface area contributed by atoms with Crippen molar-refractivity contribution in [2.24, 2.45) is 0 Å². The van der Waals surface area contributed by atoms with Gasteiger partial charge in [-0.2, -0.15) is 0 Å². The highest BCUT2D eigenvalue weighted by molar-refractivity contribution is 5.56. The largest absolute Gasteiger partial charge is 0.383 e. The minimum Gasteiger partial charge on any atom is -0.383 e. The molecule has 4 heteroatoms. The van der Waals surface area contributed by atoms with Gasteiger partial charge in [-0.25, -0.2) is 9.97 Å². The van der Waals surface area contributed by atoms with Crippen molar-refractivity contribution in [3.63, 3.8) is 0 Å². The summed E-state index contributed by atoms with van der Waals surface area (Å²) in [6.07, 6.45) is 7.46. The van der Waals surface area contributed by atoms with Crippen LogP contribution in [-0.2, 0) is 0 Å². The third-order valence-electron chi connectivity index (χ3n) is 4.27. The first-order valence-corrected chi connectivity index (χ1v) is 7.00. The summed E-state index contributed by atoms with van der Waals surface area (Å²) in [5.41, 5.74) is 7.19. The van der Waals surface area contributed by atoms with Crippen molar-refractivity contribution in [1.82, 2.24) is 9.97 Å². The first-order chi connectivity index (χ1) is 8.57. The van der Waals surface area contributed by atoms with Crippen LogP contribution in [0.2, 0.25) is 0 Å². The molecule has 3 N–H and O–H groups in total. The average Bonchev–Trinajstić information content (AvgIpc) is 3.09. The fourth-order valence-electron chi connectivity index (χ4n) is 2.76. The summed E-state index contributed by atoms with van der Waals surface area (Å²) in [6, 6.07) is 0. The third-order valence-corrected chi connectivity index (χ3v) is 4.27. The average molecular weight is 246 g/mol. The number of nitrogens with one attached hydrogen (secondary N) is 1. The van der Waals surface area contributed by atoms with E-state index in [1.165, 1.54) is 38.5 Å². The molecule has 18 heavy (non-hydrogen) atoms. The van der Waals surface area contributed by atoms with Crippen molar-refractivity contribution < 1.29 is 0 Å². The lowest BCUT2D eigenvalue weighted by atomic mass is 10.0. The molecule has 3 rings (SSSR count). The Morgan fingerprint density at radius 3 is 2.50 bits per heavy atom. The van der Waals surface area contributed by atoms with Gasteiger partial charge in [-0.15, -0.1) is 0 Å². The Balaban J connectivity index is 1.89. The van der Waals surface area contributed by atoms with Crippen molar-refractivity contribution in [2.75, 3.05) is 11.1 Å². The zero-order chi connectivity index (χ0) is 12.8. The van der Waals surface area contributed by atoms with Crippen LogP contribution in [-0.4, -0.2) is 15.5 Å². The van der Waals surface area contributed by atoms with Crippen LogP contribution in [0.25, 0.3) is 0 Å². The number of aromatic nitrogens is 2. The normalized spacial score (nSPS) is 22.1. The van der Waals surface area contributed by atoms with Crippen LogP contribution in [0.15, 0.2) is 0 Å². The van der Waals surface area contributed by atoms with Crippen molar-refractivity contribution in [2.45, 2.75) is 63.8 Å². The van der Waals surface area contributed by atoms with E-state index >= 15 is 0 Å². The van der Waals surface area contributed by atoms with Gasteiger partial charge in [-0.3, -0.25) is 0 Å². The molecular formula is C14H22N4. The van der Waals surface area contributed by atoms with E-state index < -0.39 is 0 Å². The Bertz CT molecular complexity index is 459. The van der Waals surface area contributed by atoms with Crippen LogP contribution in [0.5, 0.6) is 0 Å². The Kier molecular flexibility index (Phi) is 2.68. The first kappa shape index (κ1) is 11.8. The quantitative estimate of drug-likeness (QED) is 0.860. The van der Waals surface area contributed by atoms with Crippen LogP contribution < -0.4 is 11.1 Å². The van der Waals surface area contributed by atoms with E-state index in [-0.39, 0.29) is 5.54 Å². The molecule has 0 aliphatic heterocycles. The van der Waals surface area contributed by atoms with Gasteiger partial charge in [-0.1, -0.05) is 12.8 Å². The van der Waals surface area contributed by atoms with E-state index in [9.17, 15) is 0 Å². The summed E-state index contributed by atoms with van der Waals surface area (Å²) in [4.78, 5) is 9.12. The molecule has 2 aliphatic carbocycles. The van der Waals surface area contributed by atoms with Gasteiger partial charge >= 0.3 is 0 Å². The number of nitrogens with zero attached hydrogens (tertiary/aromatic N) is 2. The highest BCUT2D eigenvalue weighted by Crippen LogP contribution is 2.40. The number of hydrogen-bond acceptors (Lipinski definition) is 4. The van der Waals surface area contributed by atoms with Crippen molar-refractivity contribution >= 4 is 11.6 Å². The van der Waals surface area contributed by atoms with E-state index in [0.717, 1.165) is 17.2 Å². The Morgan fingerprint density at radius 1 is 1.22 bits per heavy atom. The van der Waals surface area contributed by atoms with Crippen molar-refractivity contribution in [3.8, 4) is 0 Å². The molecule has 2 saturated carbocycles. The SMILES string of the molecule is Cc1c(N)nc(C2CC2)nc1NC1(C)CCCC1. The fourth-order valence-corrected chi connectivity index (χ4v) is 2.76. The number of rotatable bonds is 3. The van der Waals surface area contributed by atoms with Gasteiger partial charge in [0.25, 0.3) is 0 Å². The highest BCUT2D eigenvalue weighted by atomic mass is 15.1. The van der Waals surface area contributed by atoms with Gasteiger partial charge in [0.2, 0.25) is 0 Å². The van der Waals surface area contributed by atoms with Crippen LogP contribution in [0.4, 0.5) is 11.6 Å². The summed E-state index contributed by atoms with van der Waals surface area (Å²) < 4.78 is 0. The lowest BCUT2D eigenvalue weighted by Gasteiger charge is -2.27. The van der Waals surface area contributed by atoms with Crippen molar-refractivity contribution in [3.05, 3.63) is 11.4 Å². The molecule has 0 radical (unpaired) electrons. The maximum absolute atomic E-state index is 6.01. The maximum Gasteiger partial charge on any atom is 0.136 e. The third kappa shape index (κ3) is 2.16. The van der Waals surface area contributed by atoms with Gasteiger partial charge in [0.15, 0.2) is 0 Å².